The predicted molar refractivity (Wildman–Crippen MR) is 78.1 cm³/mol. The summed E-state index contributed by atoms with van der Waals surface area (Å²) >= 11 is 0. The minimum atomic E-state index is 0.316. The van der Waals surface area contributed by atoms with Gasteiger partial charge in [-0.25, -0.2) is 0 Å². The standard InChI is InChI=1S/C15H23N3O2/c1-9-6-12(18-17-9)15-11-8-14(20-3)13(19-2)7-10(11)4-5-16-15/h7-9,12,15-18H,4-6H2,1-3H3. The second kappa shape index (κ2) is 5.60. The quantitative estimate of drug-likeness (QED) is 0.774. The maximum absolute atomic E-state index is 5.45. The highest BCUT2D eigenvalue weighted by Crippen LogP contribution is 2.37. The summed E-state index contributed by atoms with van der Waals surface area (Å²) in [5.41, 5.74) is 9.38. The first-order chi connectivity index (χ1) is 9.72. The topological polar surface area (TPSA) is 54.6 Å². The number of ether oxygens (including phenoxy) is 2. The molecule has 1 aromatic carbocycles. The molecule has 20 heavy (non-hydrogen) atoms. The predicted octanol–water partition coefficient (Wildman–Crippen LogP) is 1.15. The molecule has 3 N–H and O–H groups in total. The molecule has 2 heterocycles. The van der Waals surface area contributed by atoms with Gasteiger partial charge in [0.15, 0.2) is 11.5 Å². The van der Waals surface area contributed by atoms with Gasteiger partial charge in [-0.15, -0.1) is 0 Å². The SMILES string of the molecule is COc1cc2c(cc1OC)C(C1CC(C)NN1)NCC2. The van der Waals surface area contributed by atoms with Crippen molar-refractivity contribution in [3.05, 3.63) is 23.3 Å². The van der Waals surface area contributed by atoms with E-state index in [0.717, 1.165) is 30.9 Å². The van der Waals surface area contributed by atoms with E-state index in [4.69, 9.17) is 9.47 Å². The van der Waals surface area contributed by atoms with Crippen LogP contribution in [0.25, 0.3) is 0 Å². The Bertz CT molecular complexity index is 492. The van der Waals surface area contributed by atoms with Crippen LogP contribution in [0.5, 0.6) is 11.5 Å². The molecule has 3 unspecified atom stereocenters. The van der Waals surface area contributed by atoms with Gasteiger partial charge < -0.3 is 14.8 Å². The van der Waals surface area contributed by atoms with Crippen LogP contribution >= 0.6 is 0 Å². The first kappa shape index (κ1) is 13.7. The second-order valence-electron chi connectivity index (χ2n) is 5.62. The summed E-state index contributed by atoms with van der Waals surface area (Å²) in [6.07, 6.45) is 2.15. The monoisotopic (exact) mass is 277 g/mol. The molecule has 2 aliphatic rings. The van der Waals surface area contributed by atoms with E-state index < -0.39 is 0 Å². The lowest BCUT2D eigenvalue weighted by Crippen LogP contribution is -2.44. The molecule has 0 bridgehead atoms. The summed E-state index contributed by atoms with van der Waals surface area (Å²) in [5.74, 6) is 1.62. The zero-order valence-corrected chi connectivity index (χ0v) is 12.3. The van der Waals surface area contributed by atoms with E-state index in [1.165, 1.54) is 11.1 Å². The van der Waals surface area contributed by atoms with Gasteiger partial charge in [0.05, 0.1) is 14.2 Å². The van der Waals surface area contributed by atoms with Gasteiger partial charge in [-0.3, -0.25) is 10.9 Å². The van der Waals surface area contributed by atoms with E-state index in [0.29, 0.717) is 18.1 Å². The average molecular weight is 277 g/mol. The van der Waals surface area contributed by atoms with E-state index in [2.05, 4.69) is 35.2 Å². The number of nitrogens with one attached hydrogen (secondary N) is 3. The number of methoxy groups -OCH3 is 2. The van der Waals surface area contributed by atoms with Gasteiger partial charge in [0, 0.05) is 18.1 Å². The van der Waals surface area contributed by atoms with Crippen LogP contribution in [0.15, 0.2) is 12.1 Å². The molecule has 5 heteroatoms. The summed E-state index contributed by atoms with van der Waals surface area (Å²) in [5, 5.41) is 3.63. The number of hydrogen-bond donors (Lipinski definition) is 3. The molecule has 2 aliphatic heterocycles. The molecule has 0 spiro atoms. The number of hydrogen-bond acceptors (Lipinski definition) is 5. The van der Waals surface area contributed by atoms with Crippen molar-refractivity contribution in [1.29, 1.82) is 0 Å². The third-order valence-electron chi connectivity index (χ3n) is 4.26. The second-order valence-corrected chi connectivity index (χ2v) is 5.62. The summed E-state index contributed by atoms with van der Waals surface area (Å²) in [7, 11) is 3.37. The number of benzene rings is 1. The lowest BCUT2D eigenvalue weighted by molar-refractivity contribution is 0.347. The Morgan fingerprint density at radius 3 is 2.50 bits per heavy atom. The Morgan fingerprint density at radius 1 is 1.10 bits per heavy atom. The molecule has 3 atom stereocenters. The molecule has 0 saturated carbocycles. The van der Waals surface area contributed by atoms with Crippen molar-refractivity contribution in [3.63, 3.8) is 0 Å². The van der Waals surface area contributed by atoms with Crippen molar-refractivity contribution in [3.8, 4) is 11.5 Å². The third kappa shape index (κ3) is 2.37. The van der Waals surface area contributed by atoms with Gasteiger partial charge in [-0.1, -0.05) is 0 Å². The zero-order valence-electron chi connectivity index (χ0n) is 12.3. The molecule has 110 valence electrons. The largest absolute Gasteiger partial charge is 0.493 e. The van der Waals surface area contributed by atoms with Gasteiger partial charge in [-0.05, 0) is 49.6 Å². The Labute approximate surface area is 120 Å². The van der Waals surface area contributed by atoms with E-state index in [-0.39, 0.29) is 0 Å². The Morgan fingerprint density at radius 2 is 1.85 bits per heavy atom. The van der Waals surface area contributed by atoms with Gasteiger partial charge in [0.2, 0.25) is 0 Å². The number of rotatable bonds is 3. The summed E-state index contributed by atoms with van der Waals surface area (Å²) < 4.78 is 10.9. The van der Waals surface area contributed by atoms with Gasteiger partial charge in [-0.2, -0.15) is 0 Å². The Kier molecular flexibility index (Phi) is 3.83. The summed E-state index contributed by atoms with van der Waals surface area (Å²) in [6.45, 7) is 3.20. The number of fused-ring (bicyclic) bond motifs is 1. The molecule has 0 aliphatic carbocycles. The van der Waals surface area contributed by atoms with Gasteiger partial charge in [0.25, 0.3) is 0 Å². The molecule has 3 rings (SSSR count). The highest BCUT2D eigenvalue weighted by atomic mass is 16.5. The normalized spacial score (nSPS) is 29.1. The molecule has 0 aromatic heterocycles. The Hall–Kier alpha value is -1.30. The molecule has 0 radical (unpaired) electrons. The van der Waals surface area contributed by atoms with Crippen molar-refractivity contribution in [1.82, 2.24) is 16.2 Å². The van der Waals surface area contributed by atoms with Crippen LogP contribution in [0, 0.1) is 0 Å². The van der Waals surface area contributed by atoms with E-state index >= 15 is 0 Å². The lowest BCUT2D eigenvalue weighted by Gasteiger charge is -2.32. The van der Waals surface area contributed by atoms with Crippen LogP contribution < -0.4 is 25.6 Å². The molecule has 5 nitrogen and oxygen atoms in total. The van der Waals surface area contributed by atoms with Crippen molar-refractivity contribution in [2.75, 3.05) is 20.8 Å². The highest BCUT2D eigenvalue weighted by Gasteiger charge is 2.33. The fraction of sp³-hybridized carbons (Fsp3) is 0.600. The zero-order chi connectivity index (χ0) is 14.1. The van der Waals surface area contributed by atoms with Gasteiger partial charge >= 0.3 is 0 Å². The smallest absolute Gasteiger partial charge is 0.161 e. The Balaban J connectivity index is 1.95. The molecular formula is C15H23N3O2. The van der Waals surface area contributed by atoms with E-state index in [9.17, 15) is 0 Å². The molecule has 1 fully saturated rings. The van der Waals surface area contributed by atoms with Crippen LogP contribution in [0.2, 0.25) is 0 Å². The first-order valence-corrected chi connectivity index (χ1v) is 7.22. The summed E-state index contributed by atoms with van der Waals surface area (Å²) in [4.78, 5) is 0. The van der Waals surface area contributed by atoms with Crippen molar-refractivity contribution in [2.45, 2.75) is 37.9 Å². The molecule has 0 amide bonds. The average Bonchev–Trinajstić information content (AvgIpc) is 2.91. The third-order valence-corrected chi connectivity index (χ3v) is 4.26. The maximum Gasteiger partial charge on any atom is 0.161 e. The fourth-order valence-electron chi connectivity index (χ4n) is 3.24. The van der Waals surface area contributed by atoms with Crippen LogP contribution in [-0.2, 0) is 6.42 Å². The molecular weight excluding hydrogens is 254 g/mol. The van der Waals surface area contributed by atoms with Crippen LogP contribution in [0.3, 0.4) is 0 Å². The van der Waals surface area contributed by atoms with E-state index in [1.807, 2.05) is 0 Å². The van der Waals surface area contributed by atoms with Crippen LogP contribution in [0.4, 0.5) is 0 Å². The minimum absolute atomic E-state index is 0.316. The number of hydrazine groups is 1. The van der Waals surface area contributed by atoms with Crippen LogP contribution in [-0.4, -0.2) is 32.8 Å². The molecule has 1 aromatic rings. The minimum Gasteiger partial charge on any atom is -0.493 e. The van der Waals surface area contributed by atoms with Gasteiger partial charge in [0.1, 0.15) is 0 Å². The van der Waals surface area contributed by atoms with Crippen molar-refractivity contribution >= 4 is 0 Å². The van der Waals surface area contributed by atoms with E-state index in [1.54, 1.807) is 14.2 Å². The first-order valence-electron chi connectivity index (χ1n) is 7.22. The maximum atomic E-state index is 5.45. The van der Waals surface area contributed by atoms with Crippen molar-refractivity contribution in [2.24, 2.45) is 0 Å². The lowest BCUT2D eigenvalue weighted by atomic mass is 9.88. The highest BCUT2D eigenvalue weighted by molar-refractivity contribution is 5.49. The van der Waals surface area contributed by atoms with Crippen LogP contribution in [0.1, 0.15) is 30.5 Å². The molecule has 1 saturated heterocycles. The fourth-order valence-corrected chi connectivity index (χ4v) is 3.24. The van der Waals surface area contributed by atoms with Crippen molar-refractivity contribution < 1.29 is 9.47 Å². The summed E-state index contributed by atoms with van der Waals surface area (Å²) in [6, 6.07) is 5.47.